The fourth-order valence-corrected chi connectivity index (χ4v) is 2.29. The van der Waals surface area contributed by atoms with Crippen LogP contribution in [0.3, 0.4) is 0 Å². The van der Waals surface area contributed by atoms with E-state index in [9.17, 15) is 4.79 Å². The van der Waals surface area contributed by atoms with Crippen LogP contribution in [-0.2, 0) is 6.54 Å². The average molecular weight is 298 g/mol. The maximum atomic E-state index is 12.0. The van der Waals surface area contributed by atoms with E-state index in [0.29, 0.717) is 17.9 Å². The minimum Gasteiger partial charge on any atom is -0.346 e. The molecule has 2 heterocycles. The third-order valence-corrected chi connectivity index (χ3v) is 3.32. The molecule has 0 spiro atoms. The molecular weight excluding hydrogens is 286 g/mol. The van der Waals surface area contributed by atoms with Gasteiger partial charge in [0.2, 0.25) is 0 Å². The monoisotopic (exact) mass is 297 g/mol. The number of nitrogen functional groups attached to an aromatic ring is 1. The predicted molar refractivity (Wildman–Crippen MR) is 75.1 cm³/mol. The first-order valence-electron chi connectivity index (χ1n) is 5.42. The number of nitrogens with one attached hydrogen (secondary N) is 2. The number of nitrogens with two attached hydrogens (primary N) is 1. The van der Waals surface area contributed by atoms with Crippen molar-refractivity contribution < 1.29 is 4.79 Å². The van der Waals surface area contributed by atoms with Crippen molar-refractivity contribution in [3.63, 3.8) is 0 Å². The minimum absolute atomic E-state index is 0.199. The molecular formula is C11H12ClN5OS. The van der Waals surface area contributed by atoms with Gasteiger partial charge in [-0.1, -0.05) is 11.6 Å². The smallest absolute Gasteiger partial charge is 0.251 e. The van der Waals surface area contributed by atoms with Gasteiger partial charge in [-0.25, -0.2) is 15.8 Å². The van der Waals surface area contributed by atoms with Gasteiger partial charge in [-0.3, -0.25) is 4.79 Å². The van der Waals surface area contributed by atoms with E-state index in [-0.39, 0.29) is 11.1 Å². The molecule has 0 saturated carbocycles. The SMILES string of the molecule is Cc1nc(CNC(=O)c2cc(Cl)nc(NN)c2)cs1. The first kappa shape index (κ1) is 13.7. The zero-order chi connectivity index (χ0) is 13.8. The number of carbonyl (C=O) groups is 1. The Balaban J connectivity index is 2.05. The van der Waals surface area contributed by atoms with Crippen LogP contribution in [0, 0.1) is 6.92 Å². The van der Waals surface area contributed by atoms with Gasteiger partial charge in [0, 0.05) is 10.9 Å². The number of aryl methyl sites for hydroxylation is 1. The standard InChI is InChI=1S/C11H12ClN5OS/c1-6-15-8(5-19-6)4-14-11(18)7-2-9(12)16-10(3-7)17-13/h2-3,5H,4,13H2,1H3,(H,14,18)(H,16,17). The Kier molecular flexibility index (Phi) is 4.31. The molecule has 0 atom stereocenters. The molecule has 0 aliphatic heterocycles. The molecule has 0 aliphatic carbocycles. The van der Waals surface area contributed by atoms with Crippen molar-refractivity contribution in [3.8, 4) is 0 Å². The number of hydrogen-bond donors (Lipinski definition) is 3. The molecule has 4 N–H and O–H groups in total. The Labute approximate surface area is 119 Å². The summed E-state index contributed by atoms with van der Waals surface area (Å²) in [7, 11) is 0. The quantitative estimate of drug-likeness (QED) is 0.454. The summed E-state index contributed by atoms with van der Waals surface area (Å²) >= 11 is 7.34. The summed E-state index contributed by atoms with van der Waals surface area (Å²) in [5.74, 6) is 5.32. The van der Waals surface area contributed by atoms with Crippen molar-refractivity contribution >= 4 is 34.7 Å². The van der Waals surface area contributed by atoms with Crippen LogP contribution >= 0.6 is 22.9 Å². The Bertz CT molecular complexity index is 601. The van der Waals surface area contributed by atoms with E-state index in [1.54, 1.807) is 11.3 Å². The van der Waals surface area contributed by atoms with Crippen LogP contribution in [0.25, 0.3) is 0 Å². The lowest BCUT2D eigenvalue weighted by Gasteiger charge is -2.06. The van der Waals surface area contributed by atoms with E-state index < -0.39 is 0 Å². The van der Waals surface area contributed by atoms with Crippen molar-refractivity contribution in [2.75, 3.05) is 5.43 Å². The highest BCUT2D eigenvalue weighted by Crippen LogP contribution is 2.14. The van der Waals surface area contributed by atoms with Crippen LogP contribution in [0.2, 0.25) is 5.15 Å². The van der Waals surface area contributed by atoms with Gasteiger partial charge in [-0.15, -0.1) is 11.3 Å². The second-order valence-corrected chi connectivity index (χ2v) is 5.20. The number of thiazole rings is 1. The first-order chi connectivity index (χ1) is 9.08. The lowest BCUT2D eigenvalue weighted by Crippen LogP contribution is -2.23. The Morgan fingerprint density at radius 2 is 2.26 bits per heavy atom. The topological polar surface area (TPSA) is 92.9 Å². The Morgan fingerprint density at radius 3 is 2.89 bits per heavy atom. The molecule has 0 aromatic carbocycles. The molecule has 0 bridgehead atoms. The van der Waals surface area contributed by atoms with Crippen molar-refractivity contribution in [2.24, 2.45) is 5.84 Å². The molecule has 2 aromatic heterocycles. The summed E-state index contributed by atoms with van der Waals surface area (Å²) in [6.45, 7) is 2.28. The summed E-state index contributed by atoms with van der Waals surface area (Å²) in [6, 6.07) is 3.00. The second-order valence-electron chi connectivity index (χ2n) is 3.75. The van der Waals surface area contributed by atoms with Crippen LogP contribution in [-0.4, -0.2) is 15.9 Å². The first-order valence-corrected chi connectivity index (χ1v) is 6.67. The summed E-state index contributed by atoms with van der Waals surface area (Å²) in [4.78, 5) is 20.1. The minimum atomic E-state index is -0.258. The van der Waals surface area contributed by atoms with Gasteiger partial charge in [-0.05, 0) is 19.1 Å². The molecule has 0 aliphatic rings. The molecule has 1 amide bonds. The number of aromatic nitrogens is 2. The molecule has 0 fully saturated rings. The summed E-state index contributed by atoms with van der Waals surface area (Å²) in [6.07, 6.45) is 0. The number of rotatable bonds is 4. The highest BCUT2D eigenvalue weighted by molar-refractivity contribution is 7.09. The highest BCUT2D eigenvalue weighted by atomic mass is 35.5. The normalized spacial score (nSPS) is 10.3. The van der Waals surface area contributed by atoms with Crippen molar-refractivity contribution in [2.45, 2.75) is 13.5 Å². The maximum absolute atomic E-state index is 12.0. The number of anilines is 1. The number of hydrogen-bond acceptors (Lipinski definition) is 6. The summed E-state index contributed by atoms with van der Waals surface area (Å²) < 4.78 is 0. The lowest BCUT2D eigenvalue weighted by atomic mass is 10.2. The van der Waals surface area contributed by atoms with Gasteiger partial charge in [0.25, 0.3) is 5.91 Å². The Hall–Kier alpha value is -1.70. The number of nitrogens with zero attached hydrogens (tertiary/aromatic N) is 2. The van der Waals surface area contributed by atoms with E-state index in [0.717, 1.165) is 10.7 Å². The van der Waals surface area contributed by atoms with E-state index in [1.165, 1.54) is 12.1 Å². The largest absolute Gasteiger partial charge is 0.346 e. The van der Waals surface area contributed by atoms with Crippen LogP contribution < -0.4 is 16.6 Å². The van der Waals surface area contributed by atoms with Gasteiger partial charge in [0.1, 0.15) is 11.0 Å². The molecule has 2 aromatic rings. The van der Waals surface area contributed by atoms with Crippen molar-refractivity contribution in [3.05, 3.63) is 38.9 Å². The zero-order valence-corrected chi connectivity index (χ0v) is 11.7. The number of hydrazine groups is 1. The average Bonchev–Trinajstić information content (AvgIpc) is 2.81. The van der Waals surface area contributed by atoms with Gasteiger partial charge >= 0.3 is 0 Å². The van der Waals surface area contributed by atoms with Crippen LogP contribution in [0.15, 0.2) is 17.5 Å². The molecule has 0 saturated heterocycles. The van der Waals surface area contributed by atoms with Gasteiger partial charge in [0.15, 0.2) is 0 Å². The molecule has 0 unspecified atom stereocenters. The fraction of sp³-hybridized carbons (Fsp3) is 0.182. The summed E-state index contributed by atoms with van der Waals surface area (Å²) in [5, 5.41) is 5.82. The fourth-order valence-electron chi connectivity index (χ4n) is 1.46. The van der Waals surface area contributed by atoms with E-state index >= 15 is 0 Å². The van der Waals surface area contributed by atoms with Crippen LogP contribution in [0.5, 0.6) is 0 Å². The van der Waals surface area contributed by atoms with E-state index in [2.05, 4.69) is 20.7 Å². The molecule has 6 nitrogen and oxygen atoms in total. The van der Waals surface area contributed by atoms with Crippen molar-refractivity contribution in [1.82, 2.24) is 15.3 Å². The number of pyridine rings is 1. The summed E-state index contributed by atoms with van der Waals surface area (Å²) in [5.41, 5.74) is 3.57. The van der Waals surface area contributed by atoms with E-state index in [4.69, 9.17) is 17.4 Å². The van der Waals surface area contributed by atoms with Crippen LogP contribution in [0.4, 0.5) is 5.82 Å². The third-order valence-electron chi connectivity index (χ3n) is 2.30. The molecule has 100 valence electrons. The third kappa shape index (κ3) is 3.63. The van der Waals surface area contributed by atoms with Gasteiger partial charge in [-0.2, -0.15) is 0 Å². The number of amides is 1. The van der Waals surface area contributed by atoms with Crippen LogP contribution in [0.1, 0.15) is 21.1 Å². The van der Waals surface area contributed by atoms with Gasteiger partial charge < -0.3 is 10.7 Å². The van der Waals surface area contributed by atoms with Gasteiger partial charge in [0.05, 0.1) is 17.2 Å². The molecule has 19 heavy (non-hydrogen) atoms. The second kappa shape index (κ2) is 5.96. The molecule has 8 heteroatoms. The lowest BCUT2D eigenvalue weighted by molar-refractivity contribution is 0.0950. The molecule has 0 radical (unpaired) electrons. The van der Waals surface area contributed by atoms with E-state index in [1.807, 2.05) is 12.3 Å². The predicted octanol–water partition coefficient (Wildman–Crippen LogP) is 1.72. The maximum Gasteiger partial charge on any atom is 0.251 e. The zero-order valence-electron chi connectivity index (χ0n) is 10.1. The Morgan fingerprint density at radius 1 is 1.47 bits per heavy atom. The number of carbonyl (C=O) groups excluding carboxylic acids is 1. The highest BCUT2D eigenvalue weighted by Gasteiger charge is 2.09. The van der Waals surface area contributed by atoms with Crippen molar-refractivity contribution in [1.29, 1.82) is 0 Å². The molecule has 2 rings (SSSR count). The number of halogens is 1.